The van der Waals surface area contributed by atoms with Gasteiger partial charge in [-0.1, -0.05) is 12.1 Å². The molecule has 0 saturated carbocycles. The van der Waals surface area contributed by atoms with E-state index in [1.54, 1.807) is 19.4 Å². The van der Waals surface area contributed by atoms with E-state index in [9.17, 15) is 14.3 Å². The first-order chi connectivity index (χ1) is 9.92. The second kappa shape index (κ2) is 6.19. The number of benzene rings is 1. The van der Waals surface area contributed by atoms with Crippen LogP contribution in [0, 0.1) is 5.82 Å². The summed E-state index contributed by atoms with van der Waals surface area (Å²) in [6, 6.07) is 5.52. The van der Waals surface area contributed by atoms with Gasteiger partial charge in [-0.05, 0) is 24.6 Å². The van der Waals surface area contributed by atoms with Crippen LogP contribution < -0.4 is 10.6 Å². The van der Waals surface area contributed by atoms with E-state index in [4.69, 9.17) is 0 Å². The molecule has 0 radical (unpaired) electrons. The number of nitrogens with one attached hydrogen (secondary N) is 2. The van der Waals surface area contributed by atoms with Crippen molar-refractivity contribution in [2.24, 2.45) is 0 Å². The molecule has 112 valence electrons. The zero-order valence-corrected chi connectivity index (χ0v) is 12.5. The average Bonchev–Trinajstić information content (AvgIpc) is 2.94. The zero-order chi connectivity index (χ0) is 15.5. The number of carbonyl (C=O) groups excluding carboxylic acids is 1. The molecule has 0 bridgehead atoms. The van der Waals surface area contributed by atoms with E-state index in [0.717, 1.165) is 0 Å². The summed E-state index contributed by atoms with van der Waals surface area (Å²) in [5.74, 6) is -0.740. The van der Waals surface area contributed by atoms with Crippen LogP contribution in [0.3, 0.4) is 0 Å². The largest absolute Gasteiger partial charge is 0.384 e. The maximum Gasteiger partial charge on any atom is 0.270 e. The molecule has 7 heteroatoms. The van der Waals surface area contributed by atoms with Gasteiger partial charge in [0, 0.05) is 12.4 Å². The number of aromatic nitrogens is 1. The number of aliphatic hydroxyl groups is 1. The molecule has 5 nitrogen and oxygen atoms in total. The lowest BCUT2D eigenvalue weighted by Crippen LogP contribution is -2.38. The first kappa shape index (κ1) is 15.4. The lowest BCUT2D eigenvalue weighted by atomic mass is 9.96. The van der Waals surface area contributed by atoms with Gasteiger partial charge in [0.05, 0.1) is 6.54 Å². The Kier molecular flexibility index (Phi) is 4.54. The number of thiazole rings is 1. The summed E-state index contributed by atoms with van der Waals surface area (Å²) in [5, 5.41) is 18.1. The van der Waals surface area contributed by atoms with Crippen molar-refractivity contribution < 1.29 is 14.3 Å². The van der Waals surface area contributed by atoms with Gasteiger partial charge in [-0.25, -0.2) is 9.37 Å². The maximum atomic E-state index is 12.9. The van der Waals surface area contributed by atoms with Gasteiger partial charge < -0.3 is 15.7 Å². The van der Waals surface area contributed by atoms with Crippen molar-refractivity contribution in [2.75, 3.05) is 18.9 Å². The number of amides is 1. The first-order valence-electron chi connectivity index (χ1n) is 6.32. The monoisotopic (exact) mass is 309 g/mol. The van der Waals surface area contributed by atoms with E-state index >= 15 is 0 Å². The highest BCUT2D eigenvalue weighted by Gasteiger charge is 2.24. The van der Waals surface area contributed by atoms with E-state index in [1.165, 1.54) is 35.6 Å². The molecule has 0 spiro atoms. The second-order valence-electron chi connectivity index (χ2n) is 4.75. The highest BCUT2D eigenvalue weighted by atomic mass is 32.1. The predicted molar refractivity (Wildman–Crippen MR) is 80.0 cm³/mol. The van der Waals surface area contributed by atoms with Crippen LogP contribution in [0.2, 0.25) is 0 Å². The van der Waals surface area contributed by atoms with Gasteiger partial charge in [0.25, 0.3) is 5.91 Å². The standard InChI is InChI=1S/C14H16FN3O2S/c1-14(20,9-3-5-10(15)6-4-9)8-17-12(19)11-7-21-13(16-2)18-11/h3-7,20H,8H2,1-2H3,(H,16,18)(H,17,19). The Morgan fingerprint density at radius 2 is 2.10 bits per heavy atom. The maximum absolute atomic E-state index is 12.9. The number of carbonyl (C=O) groups is 1. The van der Waals surface area contributed by atoms with Crippen molar-refractivity contribution in [2.45, 2.75) is 12.5 Å². The molecule has 0 fully saturated rings. The summed E-state index contributed by atoms with van der Waals surface area (Å²) in [7, 11) is 1.72. The SMILES string of the molecule is CNc1nc(C(=O)NCC(C)(O)c2ccc(F)cc2)cs1. The Labute approximate surface area is 125 Å². The molecule has 1 atom stereocenters. The highest BCUT2D eigenvalue weighted by Crippen LogP contribution is 2.20. The van der Waals surface area contributed by atoms with Crippen LogP contribution in [0.15, 0.2) is 29.6 Å². The minimum Gasteiger partial charge on any atom is -0.384 e. The predicted octanol–water partition coefficient (Wildman–Crippen LogP) is 1.96. The van der Waals surface area contributed by atoms with Crippen LogP contribution in [0.4, 0.5) is 9.52 Å². The Morgan fingerprint density at radius 1 is 1.43 bits per heavy atom. The summed E-state index contributed by atoms with van der Waals surface area (Å²) in [6.07, 6.45) is 0. The Bertz CT molecular complexity index is 625. The fourth-order valence-corrected chi connectivity index (χ4v) is 2.40. The van der Waals surface area contributed by atoms with E-state index in [0.29, 0.717) is 16.4 Å². The molecule has 1 aromatic carbocycles. The molecule has 0 aliphatic heterocycles. The molecule has 3 N–H and O–H groups in total. The van der Waals surface area contributed by atoms with E-state index in [1.807, 2.05) is 0 Å². The van der Waals surface area contributed by atoms with Crippen LogP contribution in [-0.2, 0) is 5.60 Å². The summed E-state index contributed by atoms with van der Waals surface area (Å²) in [4.78, 5) is 16.0. The summed E-state index contributed by atoms with van der Waals surface area (Å²) < 4.78 is 12.9. The molecular formula is C14H16FN3O2S. The third kappa shape index (κ3) is 3.77. The van der Waals surface area contributed by atoms with Crippen LogP contribution >= 0.6 is 11.3 Å². The zero-order valence-electron chi connectivity index (χ0n) is 11.7. The van der Waals surface area contributed by atoms with Crippen molar-refractivity contribution in [1.29, 1.82) is 0 Å². The summed E-state index contributed by atoms with van der Waals surface area (Å²) in [5.41, 5.74) is -0.469. The van der Waals surface area contributed by atoms with Crippen molar-refractivity contribution in [3.63, 3.8) is 0 Å². The molecule has 0 aliphatic rings. The van der Waals surface area contributed by atoms with Crippen molar-refractivity contribution in [3.8, 4) is 0 Å². The summed E-state index contributed by atoms with van der Waals surface area (Å²) in [6.45, 7) is 1.56. The lowest BCUT2D eigenvalue weighted by Gasteiger charge is -2.24. The van der Waals surface area contributed by atoms with E-state index in [2.05, 4.69) is 15.6 Å². The quantitative estimate of drug-likeness (QED) is 0.789. The minimum absolute atomic E-state index is 0.00385. The Hall–Kier alpha value is -1.99. The number of hydrogen-bond donors (Lipinski definition) is 3. The highest BCUT2D eigenvalue weighted by molar-refractivity contribution is 7.13. The molecule has 2 rings (SSSR count). The van der Waals surface area contributed by atoms with Crippen LogP contribution in [-0.4, -0.2) is 29.6 Å². The smallest absolute Gasteiger partial charge is 0.270 e. The number of hydrogen-bond acceptors (Lipinski definition) is 5. The molecule has 1 unspecified atom stereocenters. The molecule has 0 saturated heterocycles. The van der Waals surface area contributed by atoms with E-state index < -0.39 is 5.60 Å². The molecular weight excluding hydrogens is 293 g/mol. The molecule has 0 aliphatic carbocycles. The van der Waals surface area contributed by atoms with Crippen molar-refractivity contribution in [3.05, 3.63) is 46.7 Å². The average molecular weight is 309 g/mol. The lowest BCUT2D eigenvalue weighted by molar-refractivity contribution is 0.0524. The van der Waals surface area contributed by atoms with Gasteiger partial charge >= 0.3 is 0 Å². The molecule has 21 heavy (non-hydrogen) atoms. The topological polar surface area (TPSA) is 74.2 Å². The van der Waals surface area contributed by atoms with Crippen LogP contribution in [0.25, 0.3) is 0 Å². The van der Waals surface area contributed by atoms with Gasteiger partial charge in [-0.15, -0.1) is 11.3 Å². The number of rotatable bonds is 5. The third-order valence-corrected chi connectivity index (χ3v) is 3.87. The van der Waals surface area contributed by atoms with Crippen LogP contribution in [0.1, 0.15) is 23.0 Å². The first-order valence-corrected chi connectivity index (χ1v) is 7.20. The second-order valence-corrected chi connectivity index (χ2v) is 5.61. The van der Waals surface area contributed by atoms with Gasteiger partial charge in [0.2, 0.25) is 0 Å². The third-order valence-electron chi connectivity index (χ3n) is 3.01. The van der Waals surface area contributed by atoms with Gasteiger partial charge in [-0.2, -0.15) is 0 Å². The van der Waals surface area contributed by atoms with Crippen LogP contribution in [0.5, 0.6) is 0 Å². The Morgan fingerprint density at radius 3 is 2.67 bits per heavy atom. The fourth-order valence-electron chi connectivity index (χ4n) is 1.75. The van der Waals surface area contributed by atoms with Gasteiger partial charge in [0.1, 0.15) is 17.1 Å². The molecule has 1 amide bonds. The summed E-state index contributed by atoms with van der Waals surface area (Å²) >= 11 is 1.32. The van der Waals surface area contributed by atoms with Gasteiger partial charge in [0.15, 0.2) is 5.13 Å². The minimum atomic E-state index is -1.29. The number of anilines is 1. The molecule has 1 aromatic heterocycles. The normalized spacial score (nSPS) is 13.5. The van der Waals surface area contributed by atoms with Crippen molar-refractivity contribution in [1.82, 2.24) is 10.3 Å². The van der Waals surface area contributed by atoms with Crippen molar-refractivity contribution >= 4 is 22.4 Å². The number of nitrogens with zero attached hydrogens (tertiary/aromatic N) is 1. The Balaban J connectivity index is 2.00. The molecule has 1 heterocycles. The van der Waals surface area contributed by atoms with E-state index in [-0.39, 0.29) is 18.3 Å². The fraction of sp³-hybridized carbons (Fsp3) is 0.286. The van der Waals surface area contributed by atoms with Gasteiger partial charge in [-0.3, -0.25) is 4.79 Å². The number of halogens is 1. The molecule has 2 aromatic rings.